The summed E-state index contributed by atoms with van der Waals surface area (Å²) >= 11 is 5.38. The van der Waals surface area contributed by atoms with Crippen molar-refractivity contribution in [3.8, 4) is 0 Å². The van der Waals surface area contributed by atoms with E-state index in [1.165, 1.54) is 4.90 Å². The zero-order valence-corrected chi connectivity index (χ0v) is 14.8. The van der Waals surface area contributed by atoms with E-state index in [0.717, 1.165) is 5.56 Å². The molecular formula is C15H22NO4PS. The van der Waals surface area contributed by atoms with Crippen LogP contribution in [0.5, 0.6) is 0 Å². The van der Waals surface area contributed by atoms with Crippen molar-refractivity contribution in [2.45, 2.75) is 26.0 Å². The molecule has 122 valence electrons. The standard InChI is InChI=1S/C15H22NO4PS/c1-4-13(14(17)18)16(11-21(2,3)22)15(19)20-10-12-8-6-5-7-9-12/h5-9,13H,4,10-11H2,1-3H3,(H,17,18). The summed E-state index contributed by atoms with van der Waals surface area (Å²) in [7, 11) is 0. The second-order valence-corrected chi connectivity index (χ2v) is 11.9. The van der Waals surface area contributed by atoms with E-state index in [1.54, 1.807) is 6.92 Å². The van der Waals surface area contributed by atoms with Gasteiger partial charge in [0.2, 0.25) is 0 Å². The Bertz CT molecular complexity index is 558. The third kappa shape index (κ3) is 6.16. The van der Waals surface area contributed by atoms with Gasteiger partial charge < -0.3 is 9.84 Å². The number of amides is 1. The normalized spacial score (nSPS) is 12.5. The van der Waals surface area contributed by atoms with E-state index in [1.807, 2.05) is 43.7 Å². The number of carboxylic acid groups (broad SMARTS) is 1. The van der Waals surface area contributed by atoms with Gasteiger partial charge in [-0.1, -0.05) is 49.1 Å². The molecule has 1 rings (SSSR count). The quantitative estimate of drug-likeness (QED) is 0.770. The van der Waals surface area contributed by atoms with Crippen LogP contribution >= 0.6 is 6.04 Å². The molecule has 0 saturated carbocycles. The lowest BCUT2D eigenvalue weighted by Gasteiger charge is -2.30. The number of carbonyl (C=O) groups is 2. The Morgan fingerprint density at radius 3 is 2.36 bits per heavy atom. The van der Waals surface area contributed by atoms with Crippen molar-refractivity contribution in [1.82, 2.24) is 4.90 Å². The molecule has 0 fully saturated rings. The second kappa shape index (κ2) is 8.30. The summed E-state index contributed by atoms with van der Waals surface area (Å²) in [5.41, 5.74) is 0.853. The van der Waals surface area contributed by atoms with E-state index in [-0.39, 0.29) is 12.9 Å². The predicted octanol–water partition coefficient (Wildman–Crippen LogP) is 3.19. The number of hydrogen-bond acceptors (Lipinski definition) is 4. The van der Waals surface area contributed by atoms with E-state index < -0.39 is 24.1 Å². The van der Waals surface area contributed by atoms with Gasteiger partial charge in [0.25, 0.3) is 0 Å². The van der Waals surface area contributed by atoms with Crippen molar-refractivity contribution in [2.24, 2.45) is 0 Å². The SMILES string of the molecule is CCC(C(=O)O)N(CP(C)(C)=S)C(=O)OCc1ccccc1. The van der Waals surface area contributed by atoms with E-state index in [4.69, 9.17) is 16.5 Å². The van der Waals surface area contributed by atoms with Crippen LogP contribution in [-0.4, -0.2) is 47.7 Å². The fourth-order valence-corrected chi connectivity index (χ4v) is 3.40. The maximum absolute atomic E-state index is 12.3. The molecule has 0 spiro atoms. The monoisotopic (exact) mass is 343 g/mol. The Morgan fingerprint density at radius 2 is 1.91 bits per heavy atom. The van der Waals surface area contributed by atoms with E-state index in [2.05, 4.69) is 0 Å². The number of ether oxygens (including phenoxy) is 1. The Kier molecular flexibility index (Phi) is 7.04. The van der Waals surface area contributed by atoms with E-state index >= 15 is 0 Å². The largest absolute Gasteiger partial charge is 0.480 e. The third-order valence-corrected chi connectivity index (χ3v) is 4.31. The van der Waals surface area contributed by atoms with Gasteiger partial charge >= 0.3 is 12.1 Å². The van der Waals surface area contributed by atoms with Crippen LogP contribution in [-0.2, 0) is 27.9 Å². The molecule has 0 radical (unpaired) electrons. The molecular weight excluding hydrogens is 321 g/mol. The topological polar surface area (TPSA) is 66.8 Å². The minimum atomic E-state index is -1.78. The Morgan fingerprint density at radius 1 is 1.32 bits per heavy atom. The average Bonchev–Trinajstić information content (AvgIpc) is 2.44. The molecule has 22 heavy (non-hydrogen) atoms. The highest BCUT2D eigenvalue weighted by molar-refractivity contribution is 8.13. The van der Waals surface area contributed by atoms with Crippen LogP contribution in [0.1, 0.15) is 18.9 Å². The molecule has 1 unspecified atom stereocenters. The lowest BCUT2D eigenvalue weighted by molar-refractivity contribution is -0.142. The van der Waals surface area contributed by atoms with Gasteiger partial charge in [-0.15, -0.1) is 0 Å². The second-order valence-electron chi connectivity index (χ2n) is 5.49. The van der Waals surface area contributed by atoms with Crippen LogP contribution in [0.15, 0.2) is 30.3 Å². The van der Waals surface area contributed by atoms with Crippen molar-refractivity contribution in [3.63, 3.8) is 0 Å². The molecule has 1 N–H and O–H groups in total. The molecule has 0 aliphatic rings. The Balaban J connectivity index is 2.83. The van der Waals surface area contributed by atoms with Gasteiger partial charge in [-0.2, -0.15) is 0 Å². The van der Waals surface area contributed by atoms with Crippen molar-refractivity contribution >= 4 is 29.9 Å². The minimum absolute atomic E-state index is 0.114. The molecule has 1 aromatic carbocycles. The van der Waals surface area contributed by atoms with Gasteiger partial charge in [0.1, 0.15) is 12.6 Å². The zero-order chi connectivity index (χ0) is 16.8. The third-order valence-electron chi connectivity index (χ3n) is 2.98. The summed E-state index contributed by atoms with van der Waals surface area (Å²) in [5.74, 6) is -1.04. The van der Waals surface area contributed by atoms with Gasteiger partial charge in [0, 0.05) is 0 Å². The van der Waals surface area contributed by atoms with Crippen molar-refractivity contribution in [2.75, 3.05) is 19.6 Å². The Hall–Kier alpha value is -1.39. The summed E-state index contributed by atoms with van der Waals surface area (Å²) in [6.07, 6.45) is -0.0673. The van der Waals surface area contributed by atoms with Crippen LogP contribution in [0.25, 0.3) is 0 Å². The number of carbonyl (C=O) groups excluding carboxylic acids is 1. The maximum atomic E-state index is 12.3. The maximum Gasteiger partial charge on any atom is 0.411 e. The number of carboxylic acids is 1. The van der Waals surface area contributed by atoms with Crippen LogP contribution in [0.4, 0.5) is 4.79 Å². The number of aliphatic carboxylic acids is 1. The Labute approximate surface area is 136 Å². The summed E-state index contributed by atoms with van der Waals surface area (Å²) in [5, 5.41) is 9.30. The first-order valence-corrected chi connectivity index (χ1v) is 10.9. The van der Waals surface area contributed by atoms with Gasteiger partial charge in [-0.05, 0) is 31.4 Å². The fourth-order valence-electron chi connectivity index (χ4n) is 1.98. The first kappa shape index (κ1) is 18.7. The summed E-state index contributed by atoms with van der Waals surface area (Å²) in [6.45, 7) is 5.61. The smallest absolute Gasteiger partial charge is 0.411 e. The van der Waals surface area contributed by atoms with Gasteiger partial charge in [-0.25, -0.2) is 9.59 Å². The first-order chi connectivity index (χ1) is 10.2. The van der Waals surface area contributed by atoms with Crippen LogP contribution in [0.3, 0.4) is 0 Å². The average molecular weight is 343 g/mol. The first-order valence-electron chi connectivity index (χ1n) is 6.98. The van der Waals surface area contributed by atoms with Gasteiger partial charge in [0.05, 0.1) is 6.29 Å². The van der Waals surface area contributed by atoms with Crippen LogP contribution in [0, 0.1) is 0 Å². The molecule has 0 saturated heterocycles. The summed E-state index contributed by atoms with van der Waals surface area (Å²) in [4.78, 5) is 24.9. The molecule has 0 aliphatic carbocycles. The number of hydrogen-bond donors (Lipinski definition) is 1. The van der Waals surface area contributed by atoms with Crippen molar-refractivity contribution < 1.29 is 19.4 Å². The number of benzene rings is 1. The molecule has 0 heterocycles. The van der Waals surface area contributed by atoms with Crippen molar-refractivity contribution in [3.05, 3.63) is 35.9 Å². The molecule has 0 bridgehead atoms. The highest BCUT2D eigenvalue weighted by atomic mass is 32.4. The molecule has 1 aromatic rings. The molecule has 5 nitrogen and oxygen atoms in total. The molecule has 7 heteroatoms. The zero-order valence-electron chi connectivity index (χ0n) is 13.1. The van der Waals surface area contributed by atoms with Gasteiger partial charge in [-0.3, -0.25) is 4.90 Å². The highest BCUT2D eigenvalue weighted by Gasteiger charge is 2.31. The van der Waals surface area contributed by atoms with Crippen LogP contribution in [0.2, 0.25) is 0 Å². The lowest BCUT2D eigenvalue weighted by Crippen LogP contribution is -2.45. The van der Waals surface area contributed by atoms with Crippen LogP contribution < -0.4 is 0 Å². The van der Waals surface area contributed by atoms with E-state index in [9.17, 15) is 14.7 Å². The summed E-state index contributed by atoms with van der Waals surface area (Å²) in [6, 6.07) is 6.57. The van der Waals surface area contributed by atoms with E-state index in [0.29, 0.717) is 6.42 Å². The molecule has 1 atom stereocenters. The molecule has 0 aliphatic heterocycles. The number of nitrogens with zero attached hydrogens (tertiary/aromatic N) is 1. The highest BCUT2D eigenvalue weighted by Crippen LogP contribution is 2.38. The van der Waals surface area contributed by atoms with Crippen molar-refractivity contribution in [1.29, 1.82) is 0 Å². The fraction of sp³-hybridized carbons (Fsp3) is 0.467. The van der Waals surface area contributed by atoms with Gasteiger partial charge in [0.15, 0.2) is 0 Å². The molecule has 0 aromatic heterocycles. The molecule has 1 amide bonds. The lowest BCUT2D eigenvalue weighted by atomic mass is 10.2. The summed E-state index contributed by atoms with van der Waals surface area (Å²) < 4.78 is 5.26. The number of rotatable bonds is 7. The minimum Gasteiger partial charge on any atom is -0.480 e. The predicted molar refractivity (Wildman–Crippen MR) is 91.2 cm³/mol.